The molecule has 3 amide bonds. The van der Waals surface area contributed by atoms with E-state index in [0.717, 1.165) is 12.8 Å². The molecule has 0 heterocycles. The van der Waals surface area contributed by atoms with Crippen LogP contribution in [0.15, 0.2) is 0 Å². The smallest absolute Gasteiger partial charge is 0.324 e. The lowest BCUT2D eigenvalue weighted by Gasteiger charge is -2.29. The van der Waals surface area contributed by atoms with Gasteiger partial charge in [-0.15, -0.1) is 11.6 Å². The lowest BCUT2D eigenvalue weighted by molar-refractivity contribution is -0.119. The van der Waals surface area contributed by atoms with Crippen LogP contribution in [0, 0.1) is 5.92 Å². The highest BCUT2D eigenvalue weighted by Crippen LogP contribution is 2.35. The molecule has 0 radical (unpaired) electrons. The average Bonchev–Trinajstić information content (AvgIpc) is 3.12. The molecule has 5 nitrogen and oxygen atoms in total. The van der Waals surface area contributed by atoms with Gasteiger partial charge in [0.1, 0.15) is 5.38 Å². The van der Waals surface area contributed by atoms with Gasteiger partial charge >= 0.3 is 6.03 Å². The first kappa shape index (κ1) is 15.2. The van der Waals surface area contributed by atoms with Gasteiger partial charge in [0.2, 0.25) is 5.91 Å². The second-order valence-electron chi connectivity index (χ2n) is 4.67. The van der Waals surface area contributed by atoms with Crippen molar-refractivity contribution in [2.24, 2.45) is 5.92 Å². The van der Waals surface area contributed by atoms with E-state index in [1.807, 2.05) is 6.92 Å². The summed E-state index contributed by atoms with van der Waals surface area (Å²) in [6.45, 7) is 4.47. The van der Waals surface area contributed by atoms with Crippen LogP contribution in [0.1, 0.15) is 26.7 Å². The number of methoxy groups -OCH3 is 1. The van der Waals surface area contributed by atoms with Crippen molar-refractivity contribution in [2.75, 3.05) is 20.3 Å². The number of nitrogens with zero attached hydrogens (tertiary/aromatic N) is 1. The van der Waals surface area contributed by atoms with Crippen LogP contribution in [0.2, 0.25) is 0 Å². The fraction of sp³-hybridized carbons (Fsp3) is 0.833. The fourth-order valence-electron chi connectivity index (χ4n) is 1.79. The average molecular weight is 277 g/mol. The third kappa shape index (κ3) is 4.46. The lowest BCUT2D eigenvalue weighted by atomic mass is 10.2. The van der Waals surface area contributed by atoms with E-state index in [1.165, 1.54) is 6.92 Å². The largest absolute Gasteiger partial charge is 0.383 e. The molecule has 0 bridgehead atoms. The Morgan fingerprint density at radius 1 is 1.44 bits per heavy atom. The Bertz CT molecular complexity index is 306. The highest BCUT2D eigenvalue weighted by molar-refractivity contribution is 6.31. The zero-order valence-electron chi connectivity index (χ0n) is 11.1. The first-order valence-corrected chi connectivity index (χ1v) is 6.65. The predicted molar refractivity (Wildman–Crippen MR) is 69.6 cm³/mol. The Labute approximate surface area is 113 Å². The Morgan fingerprint density at radius 2 is 2.06 bits per heavy atom. The van der Waals surface area contributed by atoms with E-state index in [0.29, 0.717) is 19.1 Å². The Kier molecular flexibility index (Phi) is 5.88. The summed E-state index contributed by atoms with van der Waals surface area (Å²) in [5, 5.41) is 1.60. The summed E-state index contributed by atoms with van der Waals surface area (Å²) in [6, 6.07) is -0.262. The number of rotatable bonds is 6. The molecule has 0 aromatic heterocycles. The van der Waals surface area contributed by atoms with Gasteiger partial charge in [0.05, 0.1) is 6.61 Å². The Morgan fingerprint density at radius 3 is 2.50 bits per heavy atom. The lowest BCUT2D eigenvalue weighted by Crippen LogP contribution is -2.50. The van der Waals surface area contributed by atoms with Crippen LogP contribution >= 0.6 is 11.6 Å². The molecule has 0 saturated heterocycles. The summed E-state index contributed by atoms with van der Waals surface area (Å²) in [4.78, 5) is 25.1. The second-order valence-corrected chi connectivity index (χ2v) is 5.33. The van der Waals surface area contributed by atoms with Crippen LogP contribution in [0.3, 0.4) is 0 Å². The van der Waals surface area contributed by atoms with Crippen molar-refractivity contribution in [3.63, 3.8) is 0 Å². The van der Waals surface area contributed by atoms with E-state index < -0.39 is 11.3 Å². The van der Waals surface area contributed by atoms with E-state index >= 15 is 0 Å². The molecule has 1 aliphatic carbocycles. The molecule has 104 valence electrons. The molecule has 0 spiro atoms. The van der Waals surface area contributed by atoms with E-state index in [9.17, 15) is 9.59 Å². The van der Waals surface area contributed by atoms with Gasteiger partial charge in [0.15, 0.2) is 0 Å². The number of amides is 3. The molecule has 1 saturated carbocycles. The van der Waals surface area contributed by atoms with Crippen molar-refractivity contribution in [3.8, 4) is 0 Å². The number of imide groups is 1. The van der Waals surface area contributed by atoms with Gasteiger partial charge in [0, 0.05) is 19.7 Å². The van der Waals surface area contributed by atoms with Gasteiger partial charge in [-0.1, -0.05) is 0 Å². The van der Waals surface area contributed by atoms with Gasteiger partial charge < -0.3 is 9.64 Å². The molecule has 0 aliphatic heterocycles. The Hall–Kier alpha value is -0.810. The molecule has 18 heavy (non-hydrogen) atoms. The standard InChI is InChI=1S/C12H21ClN2O3/c1-8(13)11(16)14-12(17)15(6-7-18-3)9(2)10-4-5-10/h8-10H,4-7H2,1-3H3,(H,14,16,17). The van der Waals surface area contributed by atoms with Gasteiger partial charge in [-0.2, -0.15) is 0 Å². The minimum absolute atomic E-state index is 0.124. The highest BCUT2D eigenvalue weighted by Gasteiger charge is 2.34. The van der Waals surface area contributed by atoms with Crippen LogP contribution in [0.4, 0.5) is 4.79 Å². The maximum Gasteiger partial charge on any atom is 0.324 e. The van der Waals surface area contributed by atoms with E-state index in [2.05, 4.69) is 5.32 Å². The van der Waals surface area contributed by atoms with Gasteiger partial charge in [-0.25, -0.2) is 4.79 Å². The molecular formula is C12H21ClN2O3. The summed E-state index contributed by atoms with van der Waals surface area (Å²) in [5.74, 6) is 0.0724. The van der Waals surface area contributed by atoms with Crippen LogP contribution in [0.25, 0.3) is 0 Å². The molecule has 0 aromatic rings. The highest BCUT2D eigenvalue weighted by atomic mass is 35.5. The minimum atomic E-state index is -0.713. The summed E-state index contributed by atoms with van der Waals surface area (Å²) >= 11 is 5.63. The molecule has 2 atom stereocenters. The summed E-state index contributed by atoms with van der Waals surface area (Å²) in [6.07, 6.45) is 2.27. The van der Waals surface area contributed by atoms with Crippen molar-refractivity contribution in [1.29, 1.82) is 0 Å². The molecule has 1 aliphatic rings. The molecular weight excluding hydrogens is 256 g/mol. The molecule has 6 heteroatoms. The van der Waals surface area contributed by atoms with Crippen molar-refractivity contribution < 1.29 is 14.3 Å². The normalized spacial score (nSPS) is 18.0. The number of hydrogen-bond acceptors (Lipinski definition) is 3. The number of urea groups is 1. The monoisotopic (exact) mass is 276 g/mol. The SMILES string of the molecule is COCCN(C(=O)NC(=O)C(C)Cl)C(C)C1CC1. The first-order chi connectivity index (χ1) is 8.47. The predicted octanol–water partition coefficient (Wildman–Crippen LogP) is 1.60. The van der Waals surface area contributed by atoms with Crippen molar-refractivity contribution in [1.82, 2.24) is 10.2 Å². The summed E-state index contributed by atoms with van der Waals surface area (Å²) < 4.78 is 4.99. The van der Waals surface area contributed by atoms with Crippen molar-refractivity contribution >= 4 is 23.5 Å². The van der Waals surface area contributed by atoms with Crippen molar-refractivity contribution in [3.05, 3.63) is 0 Å². The van der Waals surface area contributed by atoms with E-state index in [-0.39, 0.29) is 12.1 Å². The molecule has 1 N–H and O–H groups in total. The van der Waals surface area contributed by atoms with Gasteiger partial charge in [0.25, 0.3) is 0 Å². The second kappa shape index (κ2) is 6.95. The van der Waals surface area contributed by atoms with Crippen LogP contribution in [-0.4, -0.2) is 48.5 Å². The topological polar surface area (TPSA) is 58.6 Å². The number of nitrogens with one attached hydrogen (secondary N) is 1. The molecule has 1 rings (SSSR count). The number of carbonyl (C=O) groups is 2. The maximum atomic E-state index is 12.0. The minimum Gasteiger partial charge on any atom is -0.383 e. The van der Waals surface area contributed by atoms with Crippen LogP contribution < -0.4 is 5.32 Å². The quantitative estimate of drug-likeness (QED) is 0.750. The third-order valence-electron chi connectivity index (χ3n) is 3.18. The fourth-order valence-corrected chi connectivity index (χ4v) is 1.84. The maximum absolute atomic E-state index is 12.0. The van der Waals surface area contributed by atoms with Gasteiger partial charge in [-0.3, -0.25) is 10.1 Å². The zero-order valence-corrected chi connectivity index (χ0v) is 11.9. The zero-order chi connectivity index (χ0) is 13.7. The summed E-state index contributed by atoms with van der Waals surface area (Å²) in [5.41, 5.74) is 0. The molecule has 1 fully saturated rings. The number of carbonyl (C=O) groups excluding carboxylic acids is 2. The molecule has 2 unspecified atom stereocenters. The van der Waals surface area contributed by atoms with Crippen molar-refractivity contribution in [2.45, 2.75) is 38.1 Å². The third-order valence-corrected chi connectivity index (χ3v) is 3.38. The van der Waals surface area contributed by atoms with Gasteiger partial charge in [-0.05, 0) is 32.6 Å². The van der Waals surface area contributed by atoms with E-state index in [1.54, 1.807) is 12.0 Å². The van der Waals surface area contributed by atoms with E-state index in [4.69, 9.17) is 16.3 Å². The number of halogens is 1. The number of hydrogen-bond donors (Lipinski definition) is 1. The Balaban J connectivity index is 2.57. The molecule has 0 aromatic carbocycles. The summed E-state index contributed by atoms with van der Waals surface area (Å²) in [7, 11) is 1.59. The van der Waals surface area contributed by atoms with Crippen LogP contribution in [0.5, 0.6) is 0 Å². The number of alkyl halides is 1. The van der Waals surface area contributed by atoms with Crippen LogP contribution in [-0.2, 0) is 9.53 Å². The first-order valence-electron chi connectivity index (χ1n) is 6.21. The number of ether oxygens (including phenoxy) is 1.